The summed E-state index contributed by atoms with van der Waals surface area (Å²) in [5.41, 5.74) is 6.68. The minimum Gasteiger partial charge on any atom is -0.325 e. The average molecular weight is 268 g/mol. The number of pyridine rings is 1. The molecule has 0 radical (unpaired) electrons. The van der Waals surface area contributed by atoms with Gasteiger partial charge >= 0.3 is 0 Å². The van der Waals surface area contributed by atoms with Gasteiger partial charge in [0.25, 0.3) is 5.91 Å². The van der Waals surface area contributed by atoms with Crippen molar-refractivity contribution in [3.05, 3.63) is 46.1 Å². The summed E-state index contributed by atoms with van der Waals surface area (Å²) in [6.07, 6.45) is 1.57. The molecule has 2 heterocycles. The molecule has 2 aromatic rings. The highest BCUT2D eigenvalue weighted by Gasteiger charge is 2.08. The minimum atomic E-state index is -0.194. The molecule has 0 bridgehead atoms. The van der Waals surface area contributed by atoms with Crippen LogP contribution in [-0.4, -0.2) is 10.9 Å². The number of carbonyl (C=O) groups is 1. The first kappa shape index (κ1) is 12.0. The van der Waals surface area contributed by atoms with Gasteiger partial charge in [-0.2, -0.15) is 0 Å². The molecule has 17 heavy (non-hydrogen) atoms. The third-order valence-electron chi connectivity index (χ3n) is 2.10. The van der Waals surface area contributed by atoms with E-state index >= 15 is 0 Å². The predicted octanol–water partition coefficient (Wildman–Crippen LogP) is 2.51. The fourth-order valence-electron chi connectivity index (χ4n) is 1.30. The first-order chi connectivity index (χ1) is 8.19. The number of carbonyl (C=O) groups excluding carboxylic acids is 1. The number of nitrogens with two attached hydrogens (primary N) is 1. The number of hydrogen-bond acceptors (Lipinski definition) is 4. The van der Waals surface area contributed by atoms with Crippen molar-refractivity contribution in [3.63, 3.8) is 0 Å². The summed E-state index contributed by atoms with van der Waals surface area (Å²) in [5.74, 6) is -0.194. The number of anilines is 1. The number of nitrogens with one attached hydrogen (secondary N) is 1. The van der Waals surface area contributed by atoms with Crippen LogP contribution in [0.15, 0.2) is 30.5 Å². The largest absolute Gasteiger partial charge is 0.325 e. The zero-order valence-electron chi connectivity index (χ0n) is 8.81. The molecule has 0 aliphatic heterocycles. The molecular formula is C11H10ClN3OS. The summed E-state index contributed by atoms with van der Waals surface area (Å²) < 4.78 is 0.637. The summed E-state index contributed by atoms with van der Waals surface area (Å²) in [4.78, 5) is 15.9. The van der Waals surface area contributed by atoms with Crippen molar-refractivity contribution in [1.29, 1.82) is 0 Å². The SMILES string of the molecule is NCc1cc(C(=O)Nc2ccc(Cl)s2)ccn1. The van der Waals surface area contributed by atoms with E-state index in [9.17, 15) is 4.79 Å². The van der Waals surface area contributed by atoms with E-state index in [4.69, 9.17) is 17.3 Å². The lowest BCUT2D eigenvalue weighted by Gasteiger charge is -2.03. The first-order valence-electron chi connectivity index (χ1n) is 4.91. The smallest absolute Gasteiger partial charge is 0.256 e. The number of hydrogen-bond donors (Lipinski definition) is 2. The van der Waals surface area contributed by atoms with Crippen molar-refractivity contribution in [1.82, 2.24) is 4.98 Å². The van der Waals surface area contributed by atoms with Crippen LogP contribution in [0, 0.1) is 0 Å². The van der Waals surface area contributed by atoms with E-state index in [-0.39, 0.29) is 5.91 Å². The molecule has 0 saturated carbocycles. The lowest BCUT2D eigenvalue weighted by molar-refractivity contribution is 0.102. The Balaban J connectivity index is 2.14. The Hall–Kier alpha value is -1.43. The van der Waals surface area contributed by atoms with Gasteiger partial charge in [0.05, 0.1) is 15.0 Å². The maximum absolute atomic E-state index is 11.9. The van der Waals surface area contributed by atoms with E-state index in [0.29, 0.717) is 27.1 Å². The van der Waals surface area contributed by atoms with Crippen molar-refractivity contribution in [2.24, 2.45) is 5.73 Å². The number of rotatable bonds is 3. The summed E-state index contributed by atoms with van der Waals surface area (Å²) in [6.45, 7) is 0.311. The van der Waals surface area contributed by atoms with Gasteiger partial charge in [-0.3, -0.25) is 9.78 Å². The van der Waals surface area contributed by atoms with E-state index < -0.39 is 0 Å². The molecule has 6 heteroatoms. The van der Waals surface area contributed by atoms with Crippen LogP contribution < -0.4 is 11.1 Å². The summed E-state index contributed by atoms with van der Waals surface area (Å²) in [7, 11) is 0. The molecule has 2 rings (SSSR count). The first-order valence-corrected chi connectivity index (χ1v) is 6.10. The Labute approximate surface area is 107 Å². The monoisotopic (exact) mass is 267 g/mol. The Morgan fingerprint density at radius 2 is 2.29 bits per heavy atom. The molecule has 3 N–H and O–H groups in total. The molecule has 0 unspecified atom stereocenters. The highest BCUT2D eigenvalue weighted by Crippen LogP contribution is 2.26. The van der Waals surface area contributed by atoms with E-state index in [1.165, 1.54) is 11.3 Å². The third kappa shape index (κ3) is 3.03. The Morgan fingerprint density at radius 1 is 1.47 bits per heavy atom. The number of thiophene rings is 1. The molecule has 0 atom stereocenters. The van der Waals surface area contributed by atoms with E-state index in [1.54, 1.807) is 30.5 Å². The molecule has 1 amide bonds. The Morgan fingerprint density at radius 3 is 2.94 bits per heavy atom. The van der Waals surface area contributed by atoms with Gasteiger partial charge in [-0.25, -0.2) is 0 Å². The molecule has 0 spiro atoms. The second-order valence-corrected chi connectivity index (χ2v) is 5.01. The quantitative estimate of drug-likeness (QED) is 0.898. The lowest BCUT2D eigenvalue weighted by Crippen LogP contribution is -2.12. The van der Waals surface area contributed by atoms with Gasteiger partial charge < -0.3 is 11.1 Å². The zero-order valence-corrected chi connectivity index (χ0v) is 10.4. The van der Waals surface area contributed by atoms with Crippen molar-refractivity contribution in [2.75, 3.05) is 5.32 Å². The summed E-state index contributed by atoms with van der Waals surface area (Å²) >= 11 is 7.09. The van der Waals surface area contributed by atoms with E-state index in [1.807, 2.05) is 0 Å². The normalized spacial score (nSPS) is 10.2. The van der Waals surface area contributed by atoms with Crippen molar-refractivity contribution >= 4 is 33.8 Å². The van der Waals surface area contributed by atoms with Gasteiger partial charge in [-0.15, -0.1) is 11.3 Å². The Kier molecular flexibility index (Phi) is 3.73. The highest BCUT2D eigenvalue weighted by molar-refractivity contribution is 7.20. The van der Waals surface area contributed by atoms with Crippen molar-refractivity contribution in [2.45, 2.75) is 6.54 Å². The molecule has 0 aliphatic carbocycles. The maximum Gasteiger partial charge on any atom is 0.256 e. The van der Waals surface area contributed by atoms with Crippen LogP contribution in [-0.2, 0) is 6.54 Å². The van der Waals surface area contributed by atoms with Crippen LogP contribution in [0.2, 0.25) is 4.34 Å². The molecule has 0 fully saturated rings. The van der Waals surface area contributed by atoms with Crippen LogP contribution >= 0.6 is 22.9 Å². The fourth-order valence-corrected chi connectivity index (χ4v) is 2.23. The van der Waals surface area contributed by atoms with Gasteiger partial charge in [0.1, 0.15) is 0 Å². The molecule has 2 aromatic heterocycles. The summed E-state index contributed by atoms with van der Waals surface area (Å²) in [6, 6.07) is 6.81. The standard InChI is InChI=1S/C11H10ClN3OS/c12-9-1-2-10(17-9)15-11(16)7-3-4-14-8(5-7)6-13/h1-5H,6,13H2,(H,15,16). The lowest BCUT2D eigenvalue weighted by atomic mass is 10.2. The van der Waals surface area contributed by atoms with E-state index in [0.717, 1.165) is 0 Å². The van der Waals surface area contributed by atoms with Gasteiger partial charge in [0, 0.05) is 18.3 Å². The molecular weight excluding hydrogens is 258 g/mol. The predicted molar refractivity (Wildman–Crippen MR) is 69.4 cm³/mol. The van der Waals surface area contributed by atoms with Gasteiger partial charge in [0.2, 0.25) is 0 Å². The number of amides is 1. The fraction of sp³-hybridized carbons (Fsp3) is 0.0909. The van der Waals surface area contributed by atoms with Gasteiger partial charge in [-0.1, -0.05) is 11.6 Å². The summed E-state index contributed by atoms with van der Waals surface area (Å²) in [5, 5.41) is 3.47. The van der Waals surface area contributed by atoms with Crippen LogP contribution in [0.1, 0.15) is 16.1 Å². The van der Waals surface area contributed by atoms with Crippen LogP contribution in [0.5, 0.6) is 0 Å². The number of halogens is 1. The molecule has 0 aromatic carbocycles. The molecule has 0 saturated heterocycles. The highest BCUT2D eigenvalue weighted by atomic mass is 35.5. The van der Waals surface area contributed by atoms with E-state index in [2.05, 4.69) is 10.3 Å². The second-order valence-electron chi connectivity index (χ2n) is 3.30. The zero-order chi connectivity index (χ0) is 12.3. The minimum absolute atomic E-state index is 0.194. The molecule has 4 nitrogen and oxygen atoms in total. The van der Waals surface area contributed by atoms with Crippen LogP contribution in [0.4, 0.5) is 5.00 Å². The van der Waals surface area contributed by atoms with Crippen LogP contribution in [0.3, 0.4) is 0 Å². The second kappa shape index (κ2) is 5.27. The number of aromatic nitrogens is 1. The molecule has 88 valence electrons. The third-order valence-corrected chi connectivity index (χ3v) is 3.24. The molecule has 0 aliphatic rings. The topological polar surface area (TPSA) is 68.0 Å². The Bertz CT molecular complexity index is 541. The van der Waals surface area contributed by atoms with Crippen molar-refractivity contribution in [3.8, 4) is 0 Å². The van der Waals surface area contributed by atoms with Crippen LogP contribution in [0.25, 0.3) is 0 Å². The maximum atomic E-state index is 11.9. The average Bonchev–Trinajstić information content (AvgIpc) is 2.75. The van der Waals surface area contributed by atoms with Gasteiger partial charge in [-0.05, 0) is 24.3 Å². The number of nitrogens with zero attached hydrogens (tertiary/aromatic N) is 1. The van der Waals surface area contributed by atoms with Gasteiger partial charge in [0.15, 0.2) is 0 Å². The van der Waals surface area contributed by atoms with Crippen molar-refractivity contribution < 1.29 is 4.79 Å².